The van der Waals surface area contributed by atoms with Gasteiger partial charge in [0.05, 0.1) is 0 Å². The van der Waals surface area contributed by atoms with Crippen molar-refractivity contribution in [2.24, 2.45) is 4.99 Å². The van der Waals surface area contributed by atoms with E-state index in [0.29, 0.717) is 0 Å². The molecule has 0 heterocycles. The molecule has 0 aromatic heterocycles. The minimum atomic E-state index is -4.45. The second-order valence-electron chi connectivity index (χ2n) is 2.99. The summed E-state index contributed by atoms with van der Waals surface area (Å²) >= 11 is 0. The first-order valence-electron chi connectivity index (χ1n) is 4.86. The van der Waals surface area contributed by atoms with Gasteiger partial charge in [-0.3, -0.25) is 9.79 Å². The van der Waals surface area contributed by atoms with Crippen LogP contribution in [0.4, 0.5) is 13.2 Å². The molecule has 0 saturated heterocycles. The SMILES string of the molecule is C=C/C(=C\N=C(/CC)C(F)(F)F)C(=O)CC. The Kier molecular flexibility index (Phi) is 5.71. The Morgan fingerprint density at radius 1 is 1.31 bits per heavy atom. The van der Waals surface area contributed by atoms with E-state index >= 15 is 0 Å². The smallest absolute Gasteiger partial charge is 0.294 e. The van der Waals surface area contributed by atoms with Crippen LogP contribution < -0.4 is 0 Å². The van der Waals surface area contributed by atoms with Crippen molar-refractivity contribution in [2.45, 2.75) is 32.9 Å². The van der Waals surface area contributed by atoms with Crippen LogP contribution in [0.3, 0.4) is 0 Å². The number of halogens is 3. The largest absolute Gasteiger partial charge is 0.429 e. The maximum Gasteiger partial charge on any atom is 0.429 e. The number of allylic oxidation sites excluding steroid dienone is 2. The zero-order valence-corrected chi connectivity index (χ0v) is 9.27. The Hall–Kier alpha value is -1.39. The lowest BCUT2D eigenvalue weighted by atomic mass is 10.1. The number of alkyl halides is 3. The number of carbonyl (C=O) groups is 1. The van der Waals surface area contributed by atoms with Gasteiger partial charge in [-0.2, -0.15) is 13.2 Å². The predicted molar refractivity (Wildman–Crippen MR) is 57.4 cm³/mol. The van der Waals surface area contributed by atoms with Crippen molar-refractivity contribution in [1.29, 1.82) is 0 Å². The molecule has 0 aromatic rings. The fraction of sp³-hybridized carbons (Fsp3) is 0.455. The fourth-order valence-corrected chi connectivity index (χ4v) is 0.955. The molecule has 0 fully saturated rings. The van der Waals surface area contributed by atoms with Gasteiger partial charge in [-0.15, -0.1) is 0 Å². The van der Waals surface area contributed by atoms with Crippen molar-refractivity contribution >= 4 is 11.5 Å². The van der Waals surface area contributed by atoms with E-state index in [1.165, 1.54) is 13.0 Å². The van der Waals surface area contributed by atoms with Crippen molar-refractivity contribution < 1.29 is 18.0 Å². The van der Waals surface area contributed by atoms with Crippen LogP contribution in [0.25, 0.3) is 0 Å². The molecule has 0 aromatic carbocycles. The average molecular weight is 233 g/mol. The molecule has 0 aliphatic carbocycles. The van der Waals surface area contributed by atoms with Gasteiger partial charge in [-0.1, -0.05) is 26.5 Å². The maximum absolute atomic E-state index is 12.3. The van der Waals surface area contributed by atoms with Gasteiger partial charge >= 0.3 is 6.18 Å². The third-order valence-electron chi connectivity index (χ3n) is 1.88. The fourth-order valence-electron chi connectivity index (χ4n) is 0.955. The number of ketones is 1. The molecule has 0 amide bonds. The van der Waals surface area contributed by atoms with Gasteiger partial charge in [0.1, 0.15) is 5.71 Å². The molecule has 0 rings (SSSR count). The van der Waals surface area contributed by atoms with E-state index in [2.05, 4.69) is 11.6 Å². The van der Waals surface area contributed by atoms with Gasteiger partial charge in [-0.25, -0.2) is 0 Å². The summed E-state index contributed by atoms with van der Waals surface area (Å²) < 4.78 is 36.9. The van der Waals surface area contributed by atoms with Crippen LogP contribution in [-0.2, 0) is 4.79 Å². The molecular weight excluding hydrogens is 219 g/mol. The number of nitrogens with zero attached hydrogens (tertiary/aromatic N) is 1. The summed E-state index contributed by atoms with van der Waals surface area (Å²) in [5.41, 5.74) is -0.812. The van der Waals surface area contributed by atoms with Crippen LogP contribution in [0.15, 0.2) is 29.4 Å². The summed E-state index contributed by atoms with van der Waals surface area (Å²) in [5.74, 6) is -0.281. The first-order valence-corrected chi connectivity index (χ1v) is 4.86. The normalized spacial score (nSPS) is 13.8. The highest BCUT2D eigenvalue weighted by Gasteiger charge is 2.33. The second-order valence-corrected chi connectivity index (χ2v) is 2.99. The van der Waals surface area contributed by atoms with Gasteiger partial charge in [-0.05, 0) is 6.42 Å². The number of hydrogen-bond acceptors (Lipinski definition) is 2. The predicted octanol–water partition coefficient (Wildman–Crippen LogP) is 3.45. The molecule has 0 saturated carbocycles. The Labute approximate surface area is 92.6 Å². The lowest BCUT2D eigenvalue weighted by Crippen LogP contribution is -2.21. The van der Waals surface area contributed by atoms with Gasteiger partial charge in [0.15, 0.2) is 5.78 Å². The zero-order chi connectivity index (χ0) is 12.8. The van der Waals surface area contributed by atoms with Crippen LogP contribution >= 0.6 is 0 Å². The van der Waals surface area contributed by atoms with Crippen LogP contribution in [0, 0.1) is 0 Å². The molecule has 0 spiro atoms. The van der Waals surface area contributed by atoms with Gasteiger partial charge in [0.25, 0.3) is 0 Å². The molecule has 5 heteroatoms. The Morgan fingerprint density at radius 3 is 2.19 bits per heavy atom. The zero-order valence-electron chi connectivity index (χ0n) is 9.27. The molecule has 0 radical (unpaired) electrons. The quantitative estimate of drug-likeness (QED) is 0.406. The number of rotatable bonds is 5. The third-order valence-corrected chi connectivity index (χ3v) is 1.88. The summed E-state index contributed by atoms with van der Waals surface area (Å²) in [5, 5.41) is 0. The summed E-state index contributed by atoms with van der Waals surface area (Å²) in [6, 6.07) is 0. The first kappa shape index (κ1) is 14.6. The number of aliphatic imine (C=N–C) groups is 1. The van der Waals surface area contributed by atoms with E-state index in [9.17, 15) is 18.0 Å². The average Bonchev–Trinajstić information content (AvgIpc) is 2.21. The topological polar surface area (TPSA) is 29.4 Å². The summed E-state index contributed by atoms with van der Waals surface area (Å²) in [7, 11) is 0. The lowest BCUT2D eigenvalue weighted by Gasteiger charge is -2.06. The molecule has 0 unspecified atom stereocenters. The van der Waals surface area contributed by atoms with Crippen molar-refractivity contribution in [3.8, 4) is 0 Å². The highest BCUT2D eigenvalue weighted by Crippen LogP contribution is 2.19. The number of hydrogen-bond donors (Lipinski definition) is 0. The number of carbonyl (C=O) groups excluding carboxylic acids is 1. The second kappa shape index (κ2) is 6.25. The Morgan fingerprint density at radius 2 is 1.88 bits per heavy atom. The molecule has 0 aliphatic rings. The monoisotopic (exact) mass is 233 g/mol. The Bertz CT molecular complexity index is 327. The molecule has 90 valence electrons. The van der Waals surface area contributed by atoms with Crippen LogP contribution in [0.5, 0.6) is 0 Å². The van der Waals surface area contributed by atoms with Gasteiger partial charge < -0.3 is 0 Å². The van der Waals surface area contributed by atoms with E-state index < -0.39 is 11.9 Å². The molecule has 0 N–H and O–H groups in total. The van der Waals surface area contributed by atoms with Gasteiger partial charge in [0, 0.05) is 18.2 Å². The molecule has 0 bridgehead atoms. The van der Waals surface area contributed by atoms with Crippen LogP contribution in [-0.4, -0.2) is 17.7 Å². The molecular formula is C11H14F3NO. The van der Waals surface area contributed by atoms with Crippen LogP contribution in [0.1, 0.15) is 26.7 Å². The standard InChI is InChI=1S/C11H14F3NO/c1-4-8(9(16)5-2)7-15-10(6-3)11(12,13)14/h4,7H,1,5-6H2,2-3H3/b8-7+,15-10+. The van der Waals surface area contributed by atoms with Crippen molar-refractivity contribution in [2.75, 3.05) is 0 Å². The van der Waals surface area contributed by atoms with Gasteiger partial charge in [0.2, 0.25) is 0 Å². The van der Waals surface area contributed by atoms with E-state index in [1.54, 1.807) is 6.92 Å². The van der Waals surface area contributed by atoms with E-state index in [-0.39, 0.29) is 24.2 Å². The minimum absolute atomic E-state index is 0.0951. The molecule has 0 atom stereocenters. The van der Waals surface area contributed by atoms with Crippen molar-refractivity contribution in [3.05, 3.63) is 24.4 Å². The van der Waals surface area contributed by atoms with E-state index in [4.69, 9.17) is 0 Å². The number of Topliss-reactive ketones (excluding diaryl/α,β-unsaturated/α-hetero) is 1. The maximum atomic E-state index is 12.3. The summed E-state index contributed by atoms with van der Waals surface area (Å²) in [6.45, 7) is 6.33. The van der Waals surface area contributed by atoms with E-state index in [1.807, 2.05) is 0 Å². The highest BCUT2D eigenvalue weighted by atomic mass is 19.4. The third kappa shape index (κ3) is 4.42. The highest BCUT2D eigenvalue weighted by molar-refractivity contribution is 5.98. The van der Waals surface area contributed by atoms with E-state index in [0.717, 1.165) is 6.20 Å². The Balaban J connectivity index is 5.07. The summed E-state index contributed by atoms with van der Waals surface area (Å²) in [4.78, 5) is 14.5. The first-order chi connectivity index (χ1) is 7.36. The molecule has 16 heavy (non-hydrogen) atoms. The summed E-state index contributed by atoms with van der Waals surface area (Å²) in [6.07, 6.45) is -2.34. The lowest BCUT2D eigenvalue weighted by molar-refractivity contribution is -0.115. The molecule has 2 nitrogen and oxygen atoms in total. The minimum Gasteiger partial charge on any atom is -0.294 e. The van der Waals surface area contributed by atoms with Crippen molar-refractivity contribution in [3.63, 3.8) is 0 Å². The van der Waals surface area contributed by atoms with Crippen LogP contribution in [0.2, 0.25) is 0 Å². The molecule has 0 aliphatic heterocycles. The van der Waals surface area contributed by atoms with Crippen molar-refractivity contribution in [1.82, 2.24) is 0 Å².